The van der Waals surface area contributed by atoms with Crippen LogP contribution in [0.3, 0.4) is 0 Å². The number of hydrogen-bond donors (Lipinski definition) is 1. The van der Waals surface area contributed by atoms with Gasteiger partial charge < -0.3 is 5.73 Å². The van der Waals surface area contributed by atoms with Crippen molar-refractivity contribution >= 4 is 8.07 Å². The van der Waals surface area contributed by atoms with Crippen LogP contribution in [-0.4, -0.2) is 14.6 Å². The summed E-state index contributed by atoms with van der Waals surface area (Å²) in [5.41, 5.74) is 7.46. The summed E-state index contributed by atoms with van der Waals surface area (Å²) in [5.74, 6) is 0. The largest absolute Gasteiger partial charge is 0.331 e. The summed E-state index contributed by atoms with van der Waals surface area (Å²) >= 11 is 0. The van der Waals surface area contributed by atoms with Crippen LogP contribution in [0, 0.1) is 0 Å². The van der Waals surface area contributed by atoms with Crippen molar-refractivity contribution in [2.24, 2.45) is 5.73 Å². The summed E-state index contributed by atoms with van der Waals surface area (Å²) in [6.07, 6.45) is 0. The Balaban J connectivity index is 3.53. The van der Waals surface area contributed by atoms with E-state index >= 15 is 0 Å². The van der Waals surface area contributed by atoms with Crippen LogP contribution < -0.4 is 5.73 Å². The van der Waals surface area contributed by atoms with Gasteiger partial charge in [0.25, 0.3) is 0 Å². The summed E-state index contributed by atoms with van der Waals surface area (Å²) in [6, 6.07) is 1.16. The van der Waals surface area contributed by atoms with Crippen LogP contribution in [0.4, 0.5) is 0 Å². The van der Waals surface area contributed by atoms with E-state index in [1.54, 1.807) is 0 Å². The minimum Gasteiger partial charge on any atom is -0.331 e. The third kappa shape index (κ3) is 2.99. The summed E-state index contributed by atoms with van der Waals surface area (Å²) < 4.78 is 0. The number of nitrogens with two attached hydrogens (primary N) is 1. The Morgan fingerprint density at radius 2 is 2.12 bits per heavy atom. The van der Waals surface area contributed by atoms with E-state index in [4.69, 9.17) is 5.73 Å². The minimum absolute atomic E-state index is 0.811. The lowest BCUT2D eigenvalue weighted by Gasteiger charge is -2.14. The second-order valence-corrected chi connectivity index (χ2v) is 7.62. The Labute approximate surface area is 52.6 Å². The predicted molar refractivity (Wildman–Crippen MR) is 41.5 cm³/mol. The van der Waals surface area contributed by atoms with Crippen molar-refractivity contribution < 1.29 is 0 Å². The van der Waals surface area contributed by atoms with Gasteiger partial charge in [-0.1, -0.05) is 13.1 Å². The first-order valence-corrected chi connectivity index (χ1v) is 6.24. The lowest BCUT2D eigenvalue weighted by Crippen LogP contribution is -2.25. The van der Waals surface area contributed by atoms with Crippen LogP contribution in [0.25, 0.3) is 0 Å². The van der Waals surface area contributed by atoms with E-state index in [0.29, 0.717) is 0 Å². The molecule has 0 aromatic rings. The fraction of sp³-hybridized carbons (Fsp3) is 0.667. The van der Waals surface area contributed by atoms with Gasteiger partial charge in [0.15, 0.2) is 0 Å². The van der Waals surface area contributed by atoms with Gasteiger partial charge in [0.2, 0.25) is 0 Å². The highest BCUT2D eigenvalue weighted by molar-refractivity contribution is 6.82. The van der Waals surface area contributed by atoms with Gasteiger partial charge in [0, 0.05) is 0 Å². The molecule has 0 aliphatic carbocycles. The molecule has 0 spiro atoms. The zero-order valence-corrected chi connectivity index (χ0v) is 6.78. The van der Waals surface area contributed by atoms with Gasteiger partial charge in [-0.05, 0) is 12.6 Å². The van der Waals surface area contributed by atoms with Crippen LogP contribution >= 0.6 is 0 Å². The summed E-state index contributed by atoms with van der Waals surface area (Å²) in [6.45, 7) is 9.11. The van der Waals surface area contributed by atoms with Gasteiger partial charge >= 0.3 is 0 Å². The van der Waals surface area contributed by atoms with Crippen LogP contribution in [0.1, 0.15) is 0 Å². The molecule has 0 radical (unpaired) electrons. The molecular formula is C6H15NSi. The highest BCUT2D eigenvalue weighted by Gasteiger charge is 2.12. The third-order valence-electron chi connectivity index (χ3n) is 1.34. The molecule has 1 nitrogen and oxygen atoms in total. The van der Waals surface area contributed by atoms with E-state index in [2.05, 4.69) is 25.4 Å². The Morgan fingerprint density at radius 3 is 2.25 bits per heavy atom. The molecule has 0 atom stereocenters. The first-order chi connectivity index (χ1) is 3.62. The van der Waals surface area contributed by atoms with Gasteiger partial charge in [-0.25, -0.2) is 0 Å². The average molecular weight is 129 g/mol. The molecule has 0 aromatic carbocycles. The molecule has 0 aliphatic rings. The molecule has 2 heteroatoms. The van der Waals surface area contributed by atoms with Crippen LogP contribution in [0.2, 0.25) is 19.1 Å². The molecular weight excluding hydrogens is 114 g/mol. The molecule has 8 heavy (non-hydrogen) atoms. The van der Waals surface area contributed by atoms with Crippen molar-refractivity contribution in [1.82, 2.24) is 0 Å². The van der Waals surface area contributed by atoms with Gasteiger partial charge in [-0.3, -0.25) is 0 Å². The van der Waals surface area contributed by atoms with Crippen LogP contribution in [-0.2, 0) is 0 Å². The van der Waals surface area contributed by atoms with Crippen molar-refractivity contribution in [2.75, 3.05) is 6.54 Å². The second kappa shape index (κ2) is 3.05. The van der Waals surface area contributed by atoms with E-state index in [1.165, 1.54) is 0 Å². The first kappa shape index (κ1) is 7.92. The molecule has 0 rings (SSSR count). The molecule has 0 unspecified atom stereocenters. The van der Waals surface area contributed by atoms with Crippen LogP contribution in [0.15, 0.2) is 12.3 Å². The maximum absolute atomic E-state index is 5.38. The number of hydrogen-bond acceptors (Lipinski definition) is 1. The molecule has 0 heterocycles. The first-order valence-electron chi connectivity index (χ1n) is 2.96. The molecule has 0 saturated heterocycles. The van der Waals surface area contributed by atoms with Gasteiger partial charge in [0.1, 0.15) is 0 Å². The normalized spacial score (nSPS) is 11.4. The fourth-order valence-corrected chi connectivity index (χ4v) is 1.42. The highest BCUT2D eigenvalue weighted by Crippen LogP contribution is 2.06. The summed E-state index contributed by atoms with van der Waals surface area (Å²) in [7, 11) is -1.04. The van der Waals surface area contributed by atoms with Gasteiger partial charge in [-0.2, -0.15) is 0 Å². The highest BCUT2D eigenvalue weighted by atomic mass is 28.3. The Bertz CT molecular complexity index is 78.6. The zero-order valence-electron chi connectivity index (χ0n) is 5.78. The van der Waals surface area contributed by atoms with Crippen molar-refractivity contribution in [3.63, 3.8) is 0 Å². The lowest BCUT2D eigenvalue weighted by atomic mass is 10.8. The lowest BCUT2D eigenvalue weighted by molar-refractivity contribution is 1.10. The second-order valence-electron chi connectivity index (χ2n) is 2.73. The quantitative estimate of drug-likeness (QED) is 0.572. The van der Waals surface area contributed by atoms with Crippen molar-refractivity contribution in [2.45, 2.75) is 19.1 Å². The maximum atomic E-state index is 5.38. The predicted octanol–water partition coefficient (Wildman–Crippen LogP) is 1.38. The SMILES string of the molecule is C=C[Si](C)(C)CCN. The van der Waals surface area contributed by atoms with Crippen molar-refractivity contribution in [3.8, 4) is 0 Å². The van der Waals surface area contributed by atoms with Crippen molar-refractivity contribution in [1.29, 1.82) is 0 Å². The van der Waals surface area contributed by atoms with Gasteiger partial charge in [0.05, 0.1) is 8.07 Å². The summed E-state index contributed by atoms with van der Waals surface area (Å²) in [5, 5.41) is 0. The molecule has 0 saturated carbocycles. The van der Waals surface area contributed by atoms with E-state index in [9.17, 15) is 0 Å². The van der Waals surface area contributed by atoms with Crippen molar-refractivity contribution in [3.05, 3.63) is 12.3 Å². The topological polar surface area (TPSA) is 26.0 Å². The monoisotopic (exact) mass is 129 g/mol. The van der Waals surface area contributed by atoms with E-state index in [0.717, 1.165) is 12.6 Å². The average Bonchev–Trinajstić information content (AvgIpc) is 1.67. The minimum atomic E-state index is -1.04. The fourth-order valence-electron chi connectivity index (χ4n) is 0.474. The standard InChI is InChI=1S/C6H15NSi/c1-4-8(2,3)6-5-7/h4H,1,5-7H2,2-3H3. The maximum Gasteiger partial charge on any atom is 0.0722 e. The van der Waals surface area contributed by atoms with E-state index < -0.39 is 8.07 Å². The molecule has 0 aliphatic heterocycles. The smallest absolute Gasteiger partial charge is 0.0722 e. The van der Waals surface area contributed by atoms with E-state index in [1.807, 2.05) is 0 Å². The zero-order chi connectivity index (χ0) is 6.62. The molecule has 2 N–H and O–H groups in total. The Morgan fingerprint density at radius 1 is 1.62 bits per heavy atom. The third-order valence-corrected chi connectivity index (χ3v) is 4.02. The molecule has 48 valence electrons. The van der Waals surface area contributed by atoms with Gasteiger partial charge in [-0.15, -0.1) is 12.3 Å². The number of rotatable bonds is 3. The molecule has 0 fully saturated rings. The Hall–Kier alpha value is -0.0831. The Kier molecular flexibility index (Phi) is 3.01. The summed E-state index contributed by atoms with van der Waals surface area (Å²) in [4.78, 5) is 0. The molecule has 0 amide bonds. The van der Waals surface area contributed by atoms with E-state index in [-0.39, 0.29) is 0 Å². The molecule has 0 aromatic heterocycles. The van der Waals surface area contributed by atoms with Crippen LogP contribution in [0.5, 0.6) is 0 Å². The molecule has 0 bridgehead atoms.